The number of hydrogen-bond acceptors (Lipinski definition) is 1. The minimum atomic E-state index is 0.141. The summed E-state index contributed by atoms with van der Waals surface area (Å²) in [5, 5.41) is 0. The Balaban J connectivity index is 2.57. The molecule has 14 heavy (non-hydrogen) atoms. The van der Waals surface area contributed by atoms with Gasteiger partial charge in [-0.1, -0.05) is 43.7 Å². The molecule has 0 radical (unpaired) electrons. The van der Waals surface area contributed by atoms with Crippen LogP contribution in [-0.2, 0) is 0 Å². The third kappa shape index (κ3) is 3.25. The van der Waals surface area contributed by atoms with Gasteiger partial charge in [0, 0.05) is 0 Å². The predicted molar refractivity (Wildman–Crippen MR) is 60.7 cm³/mol. The molecular formula is C13H18O. The summed E-state index contributed by atoms with van der Waals surface area (Å²) in [6, 6.07) is 8.12. The number of aryl methyl sites for hydroxylation is 1. The van der Waals surface area contributed by atoms with Crippen LogP contribution in [0.25, 0.3) is 0 Å². The minimum absolute atomic E-state index is 0.141. The molecule has 1 heteroatoms. The molecule has 0 N–H and O–H groups in total. The van der Waals surface area contributed by atoms with Gasteiger partial charge in [0.1, 0.15) is 11.9 Å². The summed E-state index contributed by atoms with van der Waals surface area (Å²) < 4.78 is 5.74. The van der Waals surface area contributed by atoms with E-state index in [9.17, 15) is 0 Å². The summed E-state index contributed by atoms with van der Waals surface area (Å²) >= 11 is 0. The maximum absolute atomic E-state index is 5.74. The summed E-state index contributed by atoms with van der Waals surface area (Å²) in [5.41, 5.74) is 1.25. The van der Waals surface area contributed by atoms with Gasteiger partial charge in [-0.2, -0.15) is 0 Å². The third-order valence-corrected chi connectivity index (χ3v) is 2.14. The van der Waals surface area contributed by atoms with E-state index in [1.807, 2.05) is 18.2 Å². The quantitative estimate of drug-likeness (QED) is 0.643. The predicted octanol–water partition coefficient (Wildman–Crippen LogP) is 3.73. The monoisotopic (exact) mass is 190 g/mol. The van der Waals surface area contributed by atoms with E-state index in [0.29, 0.717) is 0 Å². The molecule has 1 atom stereocenters. The molecule has 1 aromatic carbocycles. The minimum Gasteiger partial charge on any atom is -0.486 e. The molecule has 0 aliphatic heterocycles. The van der Waals surface area contributed by atoms with E-state index in [0.717, 1.165) is 18.6 Å². The lowest BCUT2D eigenvalue weighted by Gasteiger charge is -2.14. The summed E-state index contributed by atoms with van der Waals surface area (Å²) in [6.45, 7) is 7.99. The van der Waals surface area contributed by atoms with E-state index in [-0.39, 0.29) is 6.10 Å². The second-order valence-electron chi connectivity index (χ2n) is 3.49. The lowest BCUT2D eigenvalue weighted by Crippen LogP contribution is -2.12. The number of benzene rings is 1. The Labute approximate surface area is 86.4 Å². The molecule has 1 unspecified atom stereocenters. The van der Waals surface area contributed by atoms with Crippen LogP contribution in [0.15, 0.2) is 36.9 Å². The largest absolute Gasteiger partial charge is 0.486 e. The number of hydrogen-bond donors (Lipinski definition) is 0. The fourth-order valence-electron chi connectivity index (χ4n) is 1.30. The third-order valence-electron chi connectivity index (χ3n) is 2.14. The zero-order chi connectivity index (χ0) is 10.4. The van der Waals surface area contributed by atoms with Crippen molar-refractivity contribution in [1.82, 2.24) is 0 Å². The highest BCUT2D eigenvalue weighted by atomic mass is 16.5. The second-order valence-corrected chi connectivity index (χ2v) is 3.49. The first kappa shape index (κ1) is 10.8. The number of rotatable bonds is 5. The van der Waals surface area contributed by atoms with Crippen molar-refractivity contribution in [3.8, 4) is 5.75 Å². The average Bonchev–Trinajstić information content (AvgIpc) is 2.20. The SMILES string of the molecule is C=CC(CCC)Oc1ccc(C)cc1. The van der Waals surface area contributed by atoms with Crippen LogP contribution in [0.2, 0.25) is 0 Å². The molecule has 0 aromatic heterocycles. The van der Waals surface area contributed by atoms with E-state index in [1.165, 1.54) is 5.56 Å². The molecule has 76 valence electrons. The van der Waals surface area contributed by atoms with Crippen LogP contribution in [0.4, 0.5) is 0 Å². The summed E-state index contributed by atoms with van der Waals surface area (Å²) in [6.07, 6.45) is 4.14. The Bertz CT molecular complexity index is 274. The highest BCUT2D eigenvalue weighted by molar-refractivity contribution is 5.26. The first-order valence-corrected chi connectivity index (χ1v) is 5.12. The molecular weight excluding hydrogens is 172 g/mol. The molecule has 1 aromatic rings. The second kappa shape index (κ2) is 5.48. The van der Waals surface area contributed by atoms with Crippen LogP contribution < -0.4 is 4.74 Å². The van der Waals surface area contributed by atoms with E-state index in [2.05, 4.69) is 32.6 Å². The Morgan fingerprint density at radius 2 is 2.00 bits per heavy atom. The molecule has 0 saturated heterocycles. The molecule has 1 rings (SSSR count). The standard InChI is InChI=1S/C13H18O/c1-4-6-12(5-2)14-13-9-7-11(3)8-10-13/h5,7-10,12H,2,4,6H2,1,3H3. The van der Waals surface area contributed by atoms with E-state index in [4.69, 9.17) is 4.74 Å². The maximum Gasteiger partial charge on any atom is 0.120 e. The van der Waals surface area contributed by atoms with Gasteiger partial charge in [-0.15, -0.1) is 0 Å². The molecule has 0 aliphatic rings. The maximum atomic E-state index is 5.74. The summed E-state index contributed by atoms with van der Waals surface area (Å²) in [7, 11) is 0. The highest BCUT2D eigenvalue weighted by Crippen LogP contribution is 2.15. The highest BCUT2D eigenvalue weighted by Gasteiger charge is 2.03. The van der Waals surface area contributed by atoms with E-state index in [1.54, 1.807) is 0 Å². The fourth-order valence-corrected chi connectivity index (χ4v) is 1.30. The van der Waals surface area contributed by atoms with Crippen molar-refractivity contribution in [1.29, 1.82) is 0 Å². The number of ether oxygens (including phenoxy) is 1. The lowest BCUT2D eigenvalue weighted by molar-refractivity contribution is 0.237. The van der Waals surface area contributed by atoms with E-state index >= 15 is 0 Å². The Morgan fingerprint density at radius 3 is 2.50 bits per heavy atom. The Morgan fingerprint density at radius 1 is 1.36 bits per heavy atom. The van der Waals surface area contributed by atoms with Gasteiger partial charge in [-0.3, -0.25) is 0 Å². The van der Waals surface area contributed by atoms with Crippen LogP contribution >= 0.6 is 0 Å². The van der Waals surface area contributed by atoms with Gasteiger partial charge in [-0.25, -0.2) is 0 Å². The molecule has 0 heterocycles. The first-order valence-electron chi connectivity index (χ1n) is 5.12. The zero-order valence-electron chi connectivity index (χ0n) is 8.99. The zero-order valence-corrected chi connectivity index (χ0v) is 8.99. The molecule has 0 aliphatic carbocycles. The fraction of sp³-hybridized carbons (Fsp3) is 0.385. The van der Waals surface area contributed by atoms with Crippen molar-refractivity contribution < 1.29 is 4.74 Å². The molecule has 0 bridgehead atoms. The van der Waals surface area contributed by atoms with Crippen LogP contribution in [0.3, 0.4) is 0 Å². The average molecular weight is 190 g/mol. The van der Waals surface area contributed by atoms with Gasteiger partial charge in [0.2, 0.25) is 0 Å². The smallest absolute Gasteiger partial charge is 0.120 e. The van der Waals surface area contributed by atoms with Crippen molar-refractivity contribution in [3.05, 3.63) is 42.5 Å². The van der Waals surface area contributed by atoms with Crippen molar-refractivity contribution in [2.45, 2.75) is 32.8 Å². The normalized spacial score (nSPS) is 12.1. The van der Waals surface area contributed by atoms with Crippen molar-refractivity contribution in [2.75, 3.05) is 0 Å². The first-order chi connectivity index (χ1) is 6.76. The van der Waals surface area contributed by atoms with Gasteiger partial charge in [0.15, 0.2) is 0 Å². The van der Waals surface area contributed by atoms with Crippen LogP contribution in [0, 0.1) is 6.92 Å². The van der Waals surface area contributed by atoms with E-state index < -0.39 is 0 Å². The van der Waals surface area contributed by atoms with Gasteiger partial charge in [0.05, 0.1) is 0 Å². The van der Waals surface area contributed by atoms with Gasteiger partial charge < -0.3 is 4.74 Å². The summed E-state index contributed by atoms with van der Waals surface area (Å²) in [5.74, 6) is 0.925. The Hall–Kier alpha value is -1.24. The van der Waals surface area contributed by atoms with Crippen molar-refractivity contribution in [3.63, 3.8) is 0 Å². The van der Waals surface area contributed by atoms with Crippen LogP contribution in [0.1, 0.15) is 25.3 Å². The molecule has 0 saturated carbocycles. The molecule has 0 fully saturated rings. The van der Waals surface area contributed by atoms with Crippen LogP contribution in [0.5, 0.6) is 5.75 Å². The molecule has 0 spiro atoms. The van der Waals surface area contributed by atoms with Gasteiger partial charge in [0.25, 0.3) is 0 Å². The van der Waals surface area contributed by atoms with Crippen molar-refractivity contribution in [2.24, 2.45) is 0 Å². The van der Waals surface area contributed by atoms with Gasteiger partial charge >= 0.3 is 0 Å². The lowest BCUT2D eigenvalue weighted by atomic mass is 10.2. The van der Waals surface area contributed by atoms with Crippen molar-refractivity contribution >= 4 is 0 Å². The van der Waals surface area contributed by atoms with Crippen LogP contribution in [-0.4, -0.2) is 6.10 Å². The van der Waals surface area contributed by atoms with Gasteiger partial charge in [-0.05, 0) is 25.5 Å². The summed E-state index contributed by atoms with van der Waals surface area (Å²) in [4.78, 5) is 0. The topological polar surface area (TPSA) is 9.23 Å². The molecule has 0 amide bonds. The molecule has 1 nitrogen and oxygen atoms in total. The Kier molecular flexibility index (Phi) is 4.24.